The van der Waals surface area contributed by atoms with Crippen LogP contribution >= 0.6 is 0 Å². The minimum atomic E-state index is -0.0540. The van der Waals surface area contributed by atoms with Crippen molar-refractivity contribution < 1.29 is 0 Å². The summed E-state index contributed by atoms with van der Waals surface area (Å²) in [5.74, 6) is 1.41. The number of aromatic nitrogens is 5. The zero-order valence-electron chi connectivity index (χ0n) is 15.3. The lowest BCUT2D eigenvalue weighted by Gasteiger charge is -2.32. The molecular formula is C20H22N6O. The van der Waals surface area contributed by atoms with Gasteiger partial charge in [0.05, 0.1) is 5.69 Å². The fourth-order valence-electron chi connectivity index (χ4n) is 3.46. The summed E-state index contributed by atoms with van der Waals surface area (Å²) in [6.07, 6.45) is 7.10. The van der Waals surface area contributed by atoms with Crippen LogP contribution in [0.2, 0.25) is 0 Å². The summed E-state index contributed by atoms with van der Waals surface area (Å²) in [4.78, 5) is 27.1. The molecule has 4 rings (SSSR count). The van der Waals surface area contributed by atoms with Gasteiger partial charge in [0.25, 0.3) is 5.56 Å². The first kappa shape index (κ1) is 17.3. The van der Waals surface area contributed by atoms with Crippen molar-refractivity contribution in [1.82, 2.24) is 24.7 Å². The van der Waals surface area contributed by atoms with E-state index in [1.165, 1.54) is 0 Å². The fourth-order valence-corrected chi connectivity index (χ4v) is 3.46. The van der Waals surface area contributed by atoms with Gasteiger partial charge in [-0.2, -0.15) is 5.10 Å². The molecule has 0 radical (unpaired) electrons. The SMILES string of the molecule is Cc1cc(N2CCC(Cn3nc(-c4ccncc4)ccc3=O)CC2)ncn1. The Balaban J connectivity index is 1.44. The van der Waals surface area contributed by atoms with Crippen LogP contribution in [0, 0.1) is 12.8 Å². The third kappa shape index (κ3) is 4.02. The second kappa shape index (κ2) is 7.65. The van der Waals surface area contributed by atoms with E-state index in [1.807, 2.05) is 25.1 Å². The minimum absolute atomic E-state index is 0.0540. The van der Waals surface area contributed by atoms with Gasteiger partial charge in [0, 0.05) is 55.4 Å². The van der Waals surface area contributed by atoms with Crippen molar-refractivity contribution in [3.8, 4) is 11.3 Å². The largest absolute Gasteiger partial charge is 0.356 e. The molecule has 0 N–H and O–H groups in total. The van der Waals surface area contributed by atoms with E-state index >= 15 is 0 Å². The van der Waals surface area contributed by atoms with E-state index in [2.05, 4.69) is 25.0 Å². The van der Waals surface area contributed by atoms with E-state index in [4.69, 9.17) is 0 Å². The van der Waals surface area contributed by atoms with Gasteiger partial charge >= 0.3 is 0 Å². The van der Waals surface area contributed by atoms with Gasteiger partial charge in [-0.05, 0) is 43.9 Å². The lowest BCUT2D eigenvalue weighted by atomic mass is 9.97. The normalized spacial score (nSPS) is 15.1. The minimum Gasteiger partial charge on any atom is -0.356 e. The van der Waals surface area contributed by atoms with Gasteiger partial charge in [-0.1, -0.05) is 0 Å². The molecule has 3 aromatic heterocycles. The van der Waals surface area contributed by atoms with Crippen molar-refractivity contribution in [2.75, 3.05) is 18.0 Å². The van der Waals surface area contributed by atoms with Gasteiger partial charge in [0.2, 0.25) is 0 Å². The smallest absolute Gasteiger partial charge is 0.266 e. The van der Waals surface area contributed by atoms with Crippen LogP contribution in [0.3, 0.4) is 0 Å². The molecule has 0 spiro atoms. The number of pyridine rings is 1. The Morgan fingerprint density at radius 1 is 1.07 bits per heavy atom. The van der Waals surface area contributed by atoms with Gasteiger partial charge in [-0.15, -0.1) is 0 Å². The second-order valence-electron chi connectivity index (χ2n) is 6.92. The maximum absolute atomic E-state index is 12.3. The number of nitrogens with zero attached hydrogens (tertiary/aromatic N) is 6. The first-order chi connectivity index (χ1) is 13.2. The predicted molar refractivity (Wildman–Crippen MR) is 103 cm³/mol. The maximum Gasteiger partial charge on any atom is 0.266 e. The van der Waals surface area contributed by atoms with E-state index in [0.29, 0.717) is 12.5 Å². The molecule has 4 heterocycles. The average Bonchev–Trinajstić information content (AvgIpc) is 2.71. The number of piperidine rings is 1. The van der Waals surface area contributed by atoms with Crippen LogP contribution in [0.25, 0.3) is 11.3 Å². The first-order valence-corrected chi connectivity index (χ1v) is 9.21. The summed E-state index contributed by atoms with van der Waals surface area (Å²) in [6.45, 7) is 4.49. The zero-order chi connectivity index (χ0) is 18.6. The van der Waals surface area contributed by atoms with Crippen LogP contribution in [0.1, 0.15) is 18.5 Å². The first-order valence-electron chi connectivity index (χ1n) is 9.21. The molecule has 1 aliphatic heterocycles. The molecule has 138 valence electrons. The zero-order valence-corrected chi connectivity index (χ0v) is 15.3. The monoisotopic (exact) mass is 362 g/mol. The van der Waals surface area contributed by atoms with Crippen molar-refractivity contribution in [2.24, 2.45) is 5.92 Å². The molecule has 0 bridgehead atoms. The summed E-state index contributed by atoms with van der Waals surface area (Å²) in [7, 11) is 0. The van der Waals surface area contributed by atoms with E-state index in [9.17, 15) is 4.79 Å². The van der Waals surface area contributed by atoms with Gasteiger partial charge in [-0.3, -0.25) is 9.78 Å². The predicted octanol–water partition coefficient (Wildman–Crippen LogP) is 2.32. The number of rotatable bonds is 4. The van der Waals surface area contributed by atoms with Crippen LogP contribution in [-0.2, 0) is 6.54 Å². The molecule has 0 aliphatic carbocycles. The molecule has 7 heteroatoms. The molecule has 0 aromatic carbocycles. The standard InChI is InChI=1S/C20H22N6O/c1-15-12-19(23-14-22-15)25-10-6-16(7-11-25)13-26-20(27)3-2-18(24-26)17-4-8-21-9-5-17/h2-5,8-9,12,14,16H,6-7,10-11,13H2,1H3. The van der Waals surface area contributed by atoms with Crippen molar-refractivity contribution in [2.45, 2.75) is 26.3 Å². The van der Waals surface area contributed by atoms with Crippen molar-refractivity contribution in [1.29, 1.82) is 0 Å². The summed E-state index contributed by atoms with van der Waals surface area (Å²) in [5, 5.41) is 4.57. The quantitative estimate of drug-likeness (QED) is 0.709. The van der Waals surface area contributed by atoms with Crippen LogP contribution in [0.5, 0.6) is 0 Å². The Morgan fingerprint density at radius 3 is 2.59 bits per heavy atom. The summed E-state index contributed by atoms with van der Waals surface area (Å²) >= 11 is 0. The van der Waals surface area contributed by atoms with Gasteiger partial charge < -0.3 is 4.90 Å². The van der Waals surface area contributed by atoms with E-state index in [1.54, 1.807) is 35.5 Å². The molecule has 27 heavy (non-hydrogen) atoms. The van der Waals surface area contributed by atoms with Gasteiger partial charge in [0.1, 0.15) is 12.1 Å². The highest BCUT2D eigenvalue weighted by Crippen LogP contribution is 2.23. The maximum atomic E-state index is 12.3. The fraction of sp³-hybridized carbons (Fsp3) is 0.350. The van der Waals surface area contributed by atoms with Crippen LogP contribution in [0.15, 0.2) is 53.8 Å². The molecule has 0 amide bonds. The highest BCUT2D eigenvalue weighted by molar-refractivity contribution is 5.57. The van der Waals surface area contributed by atoms with Crippen molar-refractivity contribution in [3.63, 3.8) is 0 Å². The highest BCUT2D eigenvalue weighted by Gasteiger charge is 2.21. The average molecular weight is 362 g/mol. The molecule has 1 saturated heterocycles. The number of aryl methyl sites for hydroxylation is 1. The molecular weight excluding hydrogens is 340 g/mol. The van der Waals surface area contributed by atoms with Crippen LogP contribution in [0.4, 0.5) is 5.82 Å². The topological polar surface area (TPSA) is 76.8 Å². The molecule has 1 fully saturated rings. The van der Waals surface area contributed by atoms with Crippen LogP contribution < -0.4 is 10.5 Å². The highest BCUT2D eigenvalue weighted by atomic mass is 16.1. The van der Waals surface area contributed by atoms with E-state index in [-0.39, 0.29) is 5.56 Å². The Bertz CT molecular complexity index is 963. The second-order valence-corrected chi connectivity index (χ2v) is 6.92. The molecule has 3 aromatic rings. The van der Waals surface area contributed by atoms with E-state index in [0.717, 1.165) is 48.7 Å². The Labute approximate surface area is 157 Å². The number of hydrogen-bond donors (Lipinski definition) is 0. The molecule has 0 saturated carbocycles. The summed E-state index contributed by atoms with van der Waals surface area (Å²) < 4.78 is 1.60. The summed E-state index contributed by atoms with van der Waals surface area (Å²) in [5.41, 5.74) is 2.69. The lowest BCUT2D eigenvalue weighted by molar-refractivity contribution is 0.335. The van der Waals surface area contributed by atoms with Gasteiger partial charge in [-0.25, -0.2) is 14.6 Å². The molecule has 7 nitrogen and oxygen atoms in total. The Kier molecular flexibility index (Phi) is 4.91. The third-order valence-corrected chi connectivity index (χ3v) is 5.00. The van der Waals surface area contributed by atoms with Gasteiger partial charge in [0.15, 0.2) is 0 Å². The molecule has 0 atom stereocenters. The number of anilines is 1. The Morgan fingerprint density at radius 2 is 1.85 bits per heavy atom. The van der Waals surface area contributed by atoms with Crippen molar-refractivity contribution in [3.05, 3.63) is 65.1 Å². The summed E-state index contributed by atoms with van der Waals surface area (Å²) in [6, 6.07) is 9.19. The van der Waals surface area contributed by atoms with Crippen LogP contribution in [-0.4, -0.2) is 37.8 Å². The lowest BCUT2D eigenvalue weighted by Crippen LogP contribution is -2.37. The molecule has 1 aliphatic rings. The van der Waals surface area contributed by atoms with Crippen molar-refractivity contribution >= 4 is 5.82 Å². The van der Waals surface area contributed by atoms with E-state index < -0.39 is 0 Å². The molecule has 0 unspecified atom stereocenters. The number of hydrogen-bond acceptors (Lipinski definition) is 6. The Hall–Kier alpha value is -3.09. The third-order valence-electron chi connectivity index (χ3n) is 5.00.